The topological polar surface area (TPSA) is 75.1 Å². The van der Waals surface area contributed by atoms with Gasteiger partial charge in [0.25, 0.3) is 5.91 Å². The molecule has 0 unspecified atom stereocenters. The molecular formula is C15H12F5N3O2. The normalized spacial score (nSPS) is 12.2. The molecular weight excluding hydrogens is 349 g/mol. The lowest BCUT2D eigenvalue weighted by Gasteiger charge is -2.22. The summed E-state index contributed by atoms with van der Waals surface area (Å²) in [4.78, 5) is 18.4. The van der Waals surface area contributed by atoms with E-state index in [-0.39, 0.29) is 0 Å². The van der Waals surface area contributed by atoms with Crippen LogP contribution in [0.25, 0.3) is 0 Å². The Bertz CT molecular complexity index is 816. The summed E-state index contributed by atoms with van der Waals surface area (Å²) < 4.78 is 65.1. The lowest BCUT2D eigenvalue weighted by molar-refractivity contribution is -0.141. The zero-order valence-corrected chi connectivity index (χ0v) is 12.9. The summed E-state index contributed by atoms with van der Waals surface area (Å²) in [6.45, 7) is 2.28. The zero-order valence-electron chi connectivity index (χ0n) is 12.9. The van der Waals surface area contributed by atoms with Gasteiger partial charge in [0.2, 0.25) is 5.95 Å². The number of aromatic nitrogens is 2. The molecule has 2 N–H and O–H groups in total. The molecule has 2 rings (SSSR count). The number of pyridine rings is 2. The van der Waals surface area contributed by atoms with E-state index in [1.807, 2.05) is 0 Å². The quantitative estimate of drug-likeness (QED) is 0.650. The second-order valence-corrected chi connectivity index (χ2v) is 5.57. The Balaban J connectivity index is 2.41. The van der Waals surface area contributed by atoms with E-state index in [0.717, 1.165) is 32.2 Å². The van der Waals surface area contributed by atoms with Gasteiger partial charge in [-0.3, -0.25) is 4.79 Å². The number of amides is 1. The van der Waals surface area contributed by atoms with Crippen LogP contribution in [0.15, 0.2) is 24.4 Å². The predicted molar refractivity (Wildman–Crippen MR) is 76.6 cm³/mol. The lowest BCUT2D eigenvalue weighted by atomic mass is 9.97. The Labute approximate surface area is 138 Å². The summed E-state index contributed by atoms with van der Waals surface area (Å²) in [7, 11) is 0. The minimum atomic E-state index is -4.75. The van der Waals surface area contributed by atoms with Crippen LogP contribution in [0.1, 0.15) is 35.6 Å². The van der Waals surface area contributed by atoms with Crippen molar-refractivity contribution in [2.75, 3.05) is 5.32 Å². The average molecular weight is 361 g/mol. The molecule has 1 amide bonds. The van der Waals surface area contributed by atoms with Gasteiger partial charge in [-0.2, -0.15) is 17.6 Å². The number of carbonyl (C=O) groups is 1. The van der Waals surface area contributed by atoms with Crippen molar-refractivity contribution in [3.05, 3.63) is 53.1 Å². The summed E-state index contributed by atoms with van der Waals surface area (Å²) in [5.41, 5.74) is -4.76. The van der Waals surface area contributed by atoms with Gasteiger partial charge in [-0.15, -0.1) is 0 Å². The molecule has 25 heavy (non-hydrogen) atoms. The van der Waals surface area contributed by atoms with Gasteiger partial charge in [-0.05, 0) is 26.0 Å². The number of nitrogens with zero attached hydrogens (tertiary/aromatic N) is 2. The van der Waals surface area contributed by atoms with Crippen molar-refractivity contribution in [1.82, 2.24) is 9.97 Å². The van der Waals surface area contributed by atoms with E-state index in [1.54, 1.807) is 0 Å². The smallest absolute Gasteiger partial charge is 0.386 e. The molecule has 0 fully saturated rings. The van der Waals surface area contributed by atoms with Gasteiger partial charge in [0, 0.05) is 5.56 Å². The standard InChI is InChI=1S/C15H12F5N3O2/c1-14(2,25)10-8(6-21-12(17)11(10)16)23-13(24)7-4-3-5-9(22-7)15(18,19)20/h3-6,25H,1-2H3,(H,23,24). The second kappa shape index (κ2) is 6.36. The maximum Gasteiger partial charge on any atom is 0.433 e. The maximum atomic E-state index is 13.9. The first-order valence-corrected chi connectivity index (χ1v) is 6.83. The van der Waals surface area contributed by atoms with Crippen molar-refractivity contribution in [3.8, 4) is 0 Å². The van der Waals surface area contributed by atoms with Crippen LogP contribution in [0.3, 0.4) is 0 Å². The van der Waals surface area contributed by atoms with Gasteiger partial charge in [0.05, 0.1) is 17.5 Å². The highest BCUT2D eigenvalue weighted by Gasteiger charge is 2.33. The van der Waals surface area contributed by atoms with E-state index in [2.05, 4.69) is 15.3 Å². The number of aliphatic hydroxyl groups is 1. The fourth-order valence-corrected chi connectivity index (χ4v) is 2.06. The highest BCUT2D eigenvalue weighted by atomic mass is 19.4. The Kier molecular flexibility index (Phi) is 4.76. The molecule has 0 aliphatic carbocycles. The van der Waals surface area contributed by atoms with Crippen LogP contribution in [-0.4, -0.2) is 21.0 Å². The number of halogens is 5. The Morgan fingerprint density at radius 3 is 2.40 bits per heavy atom. The minimum absolute atomic E-state index is 0.393. The summed E-state index contributed by atoms with van der Waals surface area (Å²) in [5.74, 6) is -4.08. The first kappa shape index (κ1) is 18.7. The largest absolute Gasteiger partial charge is 0.433 e. The highest BCUT2D eigenvalue weighted by molar-refractivity contribution is 6.03. The molecule has 0 bridgehead atoms. The number of carbonyl (C=O) groups excluding carboxylic acids is 1. The van der Waals surface area contributed by atoms with Gasteiger partial charge in [-0.1, -0.05) is 6.07 Å². The van der Waals surface area contributed by atoms with Gasteiger partial charge < -0.3 is 10.4 Å². The number of anilines is 1. The monoisotopic (exact) mass is 361 g/mol. The molecule has 0 spiro atoms. The van der Waals surface area contributed by atoms with Crippen molar-refractivity contribution in [1.29, 1.82) is 0 Å². The number of hydrogen-bond acceptors (Lipinski definition) is 4. The summed E-state index contributed by atoms with van der Waals surface area (Å²) in [6, 6.07) is 2.67. The van der Waals surface area contributed by atoms with Crippen molar-refractivity contribution < 1.29 is 31.9 Å². The van der Waals surface area contributed by atoms with Crippen molar-refractivity contribution in [2.24, 2.45) is 0 Å². The molecule has 2 aromatic heterocycles. The molecule has 0 aliphatic rings. The van der Waals surface area contributed by atoms with E-state index < -0.39 is 52.1 Å². The molecule has 5 nitrogen and oxygen atoms in total. The summed E-state index contributed by atoms with van der Waals surface area (Å²) in [6.07, 6.45) is -4.00. The zero-order chi connectivity index (χ0) is 19.0. The number of hydrogen-bond donors (Lipinski definition) is 2. The van der Waals surface area contributed by atoms with Crippen LogP contribution in [0.5, 0.6) is 0 Å². The van der Waals surface area contributed by atoms with E-state index in [0.29, 0.717) is 6.07 Å². The van der Waals surface area contributed by atoms with E-state index in [4.69, 9.17) is 0 Å². The van der Waals surface area contributed by atoms with E-state index in [1.165, 1.54) is 0 Å². The second-order valence-electron chi connectivity index (χ2n) is 5.57. The van der Waals surface area contributed by atoms with Gasteiger partial charge in [-0.25, -0.2) is 14.4 Å². The maximum absolute atomic E-state index is 13.9. The van der Waals surface area contributed by atoms with Crippen LogP contribution in [0, 0.1) is 11.8 Å². The molecule has 10 heteroatoms. The van der Waals surface area contributed by atoms with Gasteiger partial charge in [0.15, 0.2) is 5.82 Å². The van der Waals surface area contributed by atoms with Crippen LogP contribution < -0.4 is 5.32 Å². The average Bonchev–Trinajstić information content (AvgIpc) is 2.49. The van der Waals surface area contributed by atoms with Crippen molar-refractivity contribution in [3.63, 3.8) is 0 Å². The molecule has 0 radical (unpaired) electrons. The van der Waals surface area contributed by atoms with E-state index in [9.17, 15) is 31.9 Å². The first-order chi connectivity index (χ1) is 11.4. The molecule has 134 valence electrons. The SMILES string of the molecule is CC(C)(O)c1c(NC(=O)c2cccc(C(F)(F)F)n2)cnc(F)c1F. The molecule has 2 heterocycles. The lowest BCUT2D eigenvalue weighted by Crippen LogP contribution is -2.24. The van der Waals surface area contributed by atoms with E-state index >= 15 is 0 Å². The third kappa shape index (κ3) is 4.08. The Morgan fingerprint density at radius 1 is 1.20 bits per heavy atom. The van der Waals surface area contributed by atoms with Crippen LogP contribution in [0.2, 0.25) is 0 Å². The molecule has 0 atom stereocenters. The van der Waals surface area contributed by atoms with Gasteiger partial charge in [0.1, 0.15) is 11.4 Å². The Hall–Kier alpha value is -2.62. The summed E-state index contributed by atoms with van der Waals surface area (Å²) in [5, 5.41) is 12.0. The third-order valence-corrected chi connectivity index (χ3v) is 3.11. The molecule has 0 saturated carbocycles. The van der Waals surface area contributed by atoms with Crippen LogP contribution >= 0.6 is 0 Å². The van der Waals surface area contributed by atoms with Crippen LogP contribution in [-0.2, 0) is 11.8 Å². The predicted octanol–water partition coefficient (Wildman–Crippen LogP) is 3.25. The third-order valence-electron chi connectivity index (χ3n) is 3.11. The first-order valence-electron chi connectivity index (χ1n) is 6.83. The van der Waals surface area contributed by atoms with Crippen molar-refractivity contribution in [2.45, 2.75) is 25.6 Å². The fourth-order valence-electron chi connectivity index (χ4n) is 2.06. The molecule has 0 saturated heterocycles. The molecule has 0 aliphatic heterocycles. The number of nitrogens with one attached hydrogen (secondary N) is 1. The fraction of sp³-hybridized carbons (Fsp3) is 0.267. The summed E-state index contributed by atoms with van der Waals surface area (Å²) >= 11 is 0. The van der Waals surface area contributed by atoms with Crippen LogP contribution in [0.4, 0.5) is 27.6 Å². The molecule has 0 aromatic carbocycles. The minimum Gasteiger partial charge on any atom is -0.386 e. The van der Waals surface area contributed by atoms with Crippen molar-refractivity contribution >= 4 is 11.6 Å². The van der Waals surface area contributed by atoms with Gasteiger partial charge >= 0.3 is 6.18 Å². The highest BCUT2D eigenvalue weighted by Crippen LogP contribution is 2.31. The number of alkyl halides is 3. The molecule has 2 aromatic rings. The Morgan fingerprint density at radius 2 is 1.84 bits per heavy atom. The number of rotatable bonds is 3.